The number of hydrogen-bond donors (Lipinski definition) is 1. The average Bonchev–Trinajstić information content (AvgIpc) is 2.60. The van der Waals surface area contributed by atoms with Crippen LogP contribution in [0.2, 0.25) is 0 Å². The van der Waals surface area contributed by atoms with Gasteiger partial charge in [0.05, 0.1) is 14.5 Å². The second-order valence-corrected chi connectivity index (χ2v) is 8.28. The maximum absolute atomic E-state index is 13.9. The van der Waals surface area contributed by atoms with Crippen LogP contribution in [0.5, 0.6) is 0 Å². The number of thiocarbonyl (C=S) groups is 1. The summed E-state index contributed by atoms with van der Waals surface area (Å²) in [6.07, 6.45) is 0. The zero-order valence-electron chi connectivity index (χ0n) is 11.6. The maximum atomic E-state index is 13.9. The predicted molar refractivity (Wildman–Crippen MR) is 80.2 cm³/mol. The molecule has 0 amide bonds. The molecule has 13 heteroatoms. The van der Waals surface area contributed by atoms with E-state index in [1.165, 1.54) is 0 Å². The summed E-state index contributed by atoms with van der Waals surface area (Å²) in [6.45, 7) is 0. The third-order valence-corrected chi connectivity index (χ3v) is 6.22. The lowest BCUT2D eigenvalue weighted by Crippen LogP contribution is -2.30. The van der Waals surface area contributed by atoms with Crippen LogP contribution in [0.4, 0.5) is 43.9 Å². The second kappa shape index (κ2) is 7.32. The molecule has 0 aromatic heterocycles. The van der Waals surface area contributed by atoms with E-state index in [9.17, 15) is 43.9 Å². The fourth-order valence-electron chi connectivity index (χ4n) is 1.88. The van der Waals surface area contributed by atoms with E-state index in [4.69, 9.17) is 0 Å². The SMILES string of the molecule is Fc1c(F)c(F)c(P(C(=S)S)c2c(F)c(F)c(F)c(F)c2F)c(F)c1F. The third-order valence-electron chi connectivity index (χ3n) is 3.01. The molecule has 2 aromatic rings. The Balaban J connectivity index is 2.99. The first-order valence-electron chi connectivity index (χ1n) is 5.99. The molecular weight excluding hydrogens is 441 g/mol. The molecule has 0 unspecified atom stereocenters. The van der Waals surface area contributed by atoms with Crippen molar-refractivity contribution in [3.8, 4) is 0 Å². The summed E-state index contributed by atoms with van der Waals surface area (Å²) in [6, 6.07) is 0. The molecule has 0 spiro atoms. The van der Waals surface area contributed by atoms with Crippen LogP contribution in [0.3, 0.4) is 0 Å². The van der Waals surface area contributed by atoms with E-state index in [1.807, 2.05) is 0 Å². The standard InChI is InChI=1S/C13HF10PS2/c14-1-3(16)7(20)11(8(21)4(1)17)24(13(25)26)12-9(22)5(18)2(15)6(19)10(12)23/h(H,25,26). The summed E-state index contributed by atoms with van der Waals surface area (Å²) in [7, 11) is -3.58. The highest BCUT2D eigenvalue weighted by molar-refractivity contribution is 8.30. The van der Waals surface area contributed by atoms with Crippen LogP contribution in [0.25, 0.3) is 0 Å². The lowest BCUT2D eigenvalue weighted by Gasteiger charge is -2.20. The highest BCUT2D eigenvalue weighted by Gasteiger charge is 2.38. The third kappa shape index (κ3) is 3.07. The number of rotatable bonds is 3. The highest BCUT2D eigenvalue weighted by atomic mass is 32.1. The highest BCUT2D eigenvalue weighted by Crippen LogP contribution is 2.43. The minimum atomic E-state index is -3.58. The monoisotopic (exact) mass is 442 g/mol. The molecule has 2 rings (SSSR count). The molecule has 0 bridgehead atoms. The summed E-state index contributed by atoms with van der Waals surface area (Å²) in [5.41, 5.74) is 0. The largest absolute Gasteiger partial charge is 0.203 e. The van der Waals surface area contributed by atoms with E-state index in [-0.39, 0.29) is 0 Å². The first kappa shape index (κ1) is 20.9. The summed E-state index contributed by atoms with van der Waals surface area (Å²) in [4.78, 5) is 0. The predicted octanol–water partition coefficient (Wildman–Crippen LogP) is 4.73. The lowest BCUT2D eigenvalue weighted by molar-refractivity contribution is 0.383. The minimum absolute atomic E-state index is 1.05. The van der Waals surface area contributed by atoms with Gasteiger partial charge in [0.25, 0.3) is 0 Å². The van der Waals surface area contributed by atoms with Gasteiger partial charge in [0.1, 0.15) is 0 Å². The smallest absolute Gasteiger partial charge is 0.200 e. The van der Waals surface area contributed by atoms with E-state index >= 15 is 0 Å². The fraction of sp³-hybridized carbons (Fsp3) is 0. The van der Waals surface area contributed by atoms with Crippen molar-refractivity contribution >= 4 is 47.3 Å². The molecule has 26 heavy (non-hydrogen) atoms. The van der Waals surface area contributed by atoms with Gasteiger partial charge >= 0.3 is 0 Å². The summed E-state index contributed by atoms with van der Waals surface area (Å²) in [5, 5.41) is -3.70. The van der Waals surface area contributed by atoms with Gasteiger partial charge in [0.2, 0.25) is 11.6 Å². The van der Waals surface area contributed by atoms with Gasteiger partial charge in [-0.05, 0) is 0 Å². The molecule has 0 heterocycles. The van der Waals surface area contributed by atoms with E-state index in [1.54, 1.807) is 0 Å². The quantitative estimate of drug-likeness (QED) is 0.179. The average molecular weight is 442 g/mol. The van der Waals surface area contributed by atoms with Crippen molar-refractivity contribution in [3.05, 3.63) is 58.2 Å². The Morgan fingerprint density at radius 2 is 0.692 bits per heavy atom. The normalized spacial score (nSPS) is 11.4. The van der Waals surface area contributed by atoms with Gasteiger partial charge < -0.3 is 0 Å². The molecule has 0 aliphatic rings. The van der Waals surface area contributed by atoms with Crippen molar-refractivity contribution < 1.29 is 43.9 Å². The first-order valence-corrected chi connectivity index (χ1v) is 8.19. The number of thiol groups is 1. The molecule has 2 aromatic carbocycles. The number of benzene rings is 2. The number of hydrogen-bond acceptors (Lipinski definition) is 1. The van der Waals surface area contributed by atoms with Crippen molar-refractivity contribution in [3.63, 3.8) is 0 Å². The van der Waals surface area contributed by atoms with Gasteiger partial charge in [-0.25, -0.2) is 43.9 Å². The van der Waals surface area contributed by atoms with Gasteiger partial charge in [-0.1, -0.05) is 12.2 Å². The van der Waals surface area contributed by atoms with Crippen LogP contribution in [0, 0.1) is 58.2 Å². The van der Waals surface area contributed by atoms with Crippen LogP contribution in [-0.2, 0) is 0 Å². The Bertz CT molecular complexity index is 818. The lowest BCUT2D eigenvalue weighted by atomic mass is 10.3. The van der Waals surface area contributed by atoms with Gasteiger partial charge in [-0.15, -0.1) is 12.6 Å². The van der Waals surface area contributed by atoms with Crippen LogP contribution >= 0.6 is 32.8 Å². The van der Waals surface area contributed by atoms with Crippen molar-refractivity contribution in [1.29, 1.82) is 0 Å². The van der Waals surface area contributed by atoms with Gasteiger partial charge in [0, 0.05) is 7.92 Å². The van der Waals surface area contributed by atoms with E-state index < -0.39 is 80.6 Å². The summed E-state index contributed by atoms with van der Waals surface area (Å²) in [5.74, 6) is -25.2. The Morgan fingerprint density at radius 3 is 0.885 bits per heavy atom. The van der Waals surface area contributed by atoms with Crippen LogP contribution in [0.1, 0.15) is 0 Å². The Hall–Kier alpha value is -1.39. The minimum Gasteiger partial charge on any atom is -0.203 e. The van der Waals surface area contributed by atoms with Crippen molar-refractivity contribution in [2.24, 2.45) is 0 Å². The molecule has 0 saturated heterocycles. The molecule has 0 nitrogen and oxygen atoms in total. The van der Waals surface area contributed by atoms with E-state index in [2.05, 4.69) is 24.8 Å². The second-order valence-electron chi connectivity index (χ2n) is 4.46. The van der Waals surface area contributed by atoms with Crippen LogP contribution < -0.4 is 10.6 Å². The Kier molecular flexibility index (Phi) is 5.89. The molecule has 0 saturated carbocycles. The van der Waals surface area contributed by atoms with Gasteiger partial charge in [-0.2, -0.15) is 0 Å². The Labute approximate surface area is 150 Å². The Morgan fingerprint density at radius 1 is 0.500 bits per heavy atom. The number of halogens is 10. The molecule has 0 atom stereocenters. The van der Waals surface area contributed by atoms with E-state index in [0.29, 0.717) is 0 Å². The molecule has 140 valence electrons. The maximum Gasteiger partial charge on any atom is 0.200 e. The van der Waals surface area contributed by atoms with Crippen molar-refractivity contribution in [1.82, 2.24) is 0 Å². The molecule has 0 aliphatic carbocycles. The molecule has 0 radical (unpaired) electrons. The van der Waals surface area contributed by atoms with E-state index in [0.717, 1.165) is 0 Å². The zero-order chi connectivity index (χ0) is 20.1. The first-order chi connectivity index (χ1) is 11.9. The zero-order valence-corrected chi connectivity index (χ0v) is 14.2. The van der Waals surface area contributed by atoms with Crippen LogP contribution in [-0.4, -0.2) is 3.94 Å². The molecule has 0 aliphatic heterocycles. The van der Waals surface area contributed by atoms with Gasteiger partial charge in [-0.3, -0.25) is 0 Å². The molecule has 0 N–H and O–H groups in total. The van der Waals surface area contributed by atoms with Crippen LogP contribution in [0.15, 0.2) is 0 Å². The topological polar surface area (TPSA) is 0 Å². The van der Waals surface area contributed by atoms with Gasteiger partial charge in [0.15, 0.2) is 46.5 Å². The van der Waals surface area contributed by atoms with Crippen molar-refractivity contribution in [2.45, 2.75) is 0 Å². The van der Waals surface area contributed by atoms with Crippen molar-refractivity contribution in [2.75, 3.05) is 0 Å². The molecule has 0 fully saturated rings. The molecular formula is C13HF10PS2. The summed E-state index contributed by atoms with van der Waals surface area (Å²) >= 11 is 7.82. The summed E-state index contributed by atoms with van der Waals surface area (Å²) < 4.78 is 134. The fourth-order valence-corrected chi connectivity index (χ4v) is 4.81.